The molecule has 0 aromatic rings. The average Bonchev–Trinajstić information content (AvgIpc) is 2.81. The van der Waals surface area contributed by atoms with Crippen molar-refractivity contribution in [2.24, 2.45) is 17.3 Å². The minimum absolute atomic E-state index is 0.133. The highest BCUT2D eigenvalue weighted by Crippen LogP contribution is 2.58. The van der Waals surface area contributed by atoms with Gasteiger partial charge in [0.2, 0.25) is 0 Å². The van der Waals surface area contributed by atoms with Crippen molar-refractivity contribution in [2.75, 3.05) is 6.61 Å². The van der Waals surface area contributed by atoms with Crippen molar-refractivity contribution in [1.29, 1.82) is 0 Å². The van der Waals surface area contributed by atoms with E-state index in [0.717, 1.165) is 51.4 Å². The zero-order valence-corrected chi connectivity index (χ0v) is 27.2. The van der Waals surface area contributed by atoms with Gasteiger partial charge in [0.1, 0.15) is 0 Å². The van der Waals surface area contributed by atoms with Crippen LogP contribution >= 0.6 is 0 Å². The minimum atomic E-state index is -1.90. The molecule has 0 aromatic heterocycles. The van der Waals surface area contributed by atoms with E-state index in [1.54, 1.807) is 0 Å². The molecule has 0 saturated heterocycles. The Kier molecular flexibility index (Phi) is 12.3. The lowest BCUT2D eigenvalue weighted by Crippen LogP contribution is -2.65. The van der Waals surface area contributed by atoms with Crippen LogP contribution < -0.4 is 0 Å². The lowest BCUT2D eigenvalue weighted by atomic mass is 9.57. The van der Waals surface area contributed by atoms with E-state index in [4.69, 9.17) is 39.1 Å². The lowest BCUT2D eigenvalue weighted by Gasteiger charge is -2.55. The molecule has 0 heterocycles. The molecule has 0 radical (unpaired) electrons. The smallest absolute Gasteiger partial charge is 0.235 e. The van der Waals surface area contributed by atoms with Crippen LogP contribution in [0.5, 0.6) is 0 Å². The second-order valence-corrected chi connectivity index (χ2v) is 15.6. The standard InChI is InChI=1S/C31H60O8/c1-26(2,3)33-32-23-30(24-19-15-13-16-20-24,25-21-17-14-18-22-25)31(37-34-27(4,5)6,38-35-28(7,8)9)39-36-29(10,11)12/h24-25H,13-23H2,1-12H3. The summed E-state index contributed by atoms with van der Waals surface area (Å²) in [4.78, 5) is 49.5. The molecule has 0 amide bonds. The summed E-state index contributed by atoms with van der Waals surface area (Å²) in [7, 11) is 0. The average molecular weight is 561 g/mol. The fraction of sp³-hybridized carbons (Fsp3) is 1.00. The summed E-state index contributed by atoms with van der Waals surface area (Å²) >= 11 is 0. The molecule has 8 nitrogen and oxygen atoms in total. The summed E-state index contributed by atoms with van der Waals surface area (Å²) in [5, 5.41) is 0. The van der Waals surface area contributed by atoms with E-state index in [9.17, 15) is 0 Å². The predicted octanol–water partition coefficient (Wildman–Crippen LogP) is 8.77. The van der Waals surface area contributed by atoms with Crippen molar-refractivity contribution in [1.82, 2.24) is 0 Å². The van der Waals surface area contributed by atoms with Crippen LogP contribution in [0.25, 0.3) is 0 Å². The van der Waals surface area contributed by atoms with Crippen LogP contribution in [0, 0.1) is 17.3 Å². The molecule has 2 saturated carbocycles. The van der Waals surface area contributed by atoms with Crippen molar-refractivity contribution in [3.05, 3.63) is 0 Å². The highest BCUT2D eigenvalue weighted by atomic mass is 17.4. The Morgan fingerprint density at radius 3 is 1.00 bits per heavy atom. The monoisotopic (exact) mass is 560 g/mol. The molecule has 0 unspecified atom stereocenters. The van der Waals surface area contributed by atoms with Crippen LogP contribution in [-0.2, 0) is 39.1 Å². The molecule has 2 aliphatic carbocycles. The number of hydrogen-bond acceptors (Lipinski definition) is 8. The highest BCUT2D eigenvalue weighted by Gasteiger charge is 2.67. The first-order valence-corrected chi connectivity index (χ1v) is 15.2. The van der Waals surface area contributed by atoms with Crippen molar-refractivity contribution >= 4 is 0 Å². The molecule has 0 N–H and O–H groups in total. The van der Waals surface area contributed by atoms with Gasteiger partial charge in [0.25, 0.3) is 0 Å². The van der Waals surface area contributed by atoms with Gasteiger partial charge < -0.3 is 0 Å². The minimum Gasteiger partial charge on any atom is -0.235 e. The van der Waals surface area contributed by atoms with E-state index >= 15 is 0 Å². The fourth-order valence-electron chi connectivity index (χ4n) is 5.51. The Morgan fingerprint density at radius 2 is 0.718 bits per heavy atom. The Balaban J connectivity index is 2.78. The maximum absolute atomic E-state index is 6.41. The van der Waals surface area contributed by atoms with Crippen molar-refractivity contribution in [3.63, 3.8) is 0 Å². The Hall–Kier alpha value is -0.320. The molecule has 8 heteroatoms. The lowest BCUT2D eigenvalue weighted by molar-refractivity contribution is -0.685. The Labute approximate surface area is 238 Å². The van der Waals surface area contributed by atoms with Gasteiger partial charge in [-0.15, -0.1) is 0 Å². The topological polar surface area (TPSA) is 73.8 Å². The molecule has 39 heavy (non-hydrogen) atoms. The zero-order chi connectivity index (χ0) is 29.6. The highest BCUT2D eigenvalue weighted by molar-refractivity contribution is 5.00. The van der Waals surface area contributed by atoms with E-state index in [1.165, 1.54) is 12.8 Å². The van der Waals surface area contributed by atoms with Gasteiger partial charge in [0.05, 0.1) is 34.4 Å². The van der Waals surface area contributed by atoms with Gasteiger partial charge in [-0.2, -0.15) is 14.7 Å². The molecule has 0 aromatic carbocycles. The van der Waals surface area contributed by atoms with E-state index in [0.29, 0.717) is 0 Å². The molecular formula is C31H60O8. The molecular weight excluding hydrogens is 500 g/mol. The normalized spacial score (nSPS) is 20.0. The molecule has 2 aliphatic rings. The molecule has 2 rings (SSSR count). The fourth-order valence-corrected chi connectivity index (χ4v) is 5.51. The first-order valence-electron chi connectivity index (χ1n) is 15.2. The maximum Gasteiger partial charge on any atom is 0.373 e. The molecule has 0 atom stereocenters. The first kappa shape index (κ1) is 34.9. The predicted molar refractivity (Wildman–Crippen MR) is 151 cm³/mol. The first-order chi connectivity index (χ1) is 17.8. The molecule has 232 valence electrons. The molecule has 0 spiro atoms. The maximum atomic E-state index is 6.41. The van der Waals surface area contributed by atoms with Gasteiger partial charge in [-0.05, 0) is 121 Å². The zero-order valence-electron chi connectivity index (χ0n) is 27.2. The van der Waals surface area contributed by atoms with Crippen LogP contribution in [0.2, 0.25) is 0 Å². The summed E-state index contributed by atoms with van der Waals surface area (Å²) in [6.07, 6.45) is 10.7. The SMILES string of the molecule is CC(C)(C)OOCC(C1CCCCC1)(C1CCCCC1)C(OOC(C)(C)C)(OOC(C)(C)C)OOC(C)(C)C. The van der Waals surface area contributed by atoms with Crippen molar-refractivity contribution < 1.29 is 39.1 Å². The van der Waals surface area contributed by atoms with Crippen LogP contribution in [-0.4, -0.2) is 35.0 Å². The van der Waals surface area contributed by atoms with Crippen molar-refractivity contribution in [3.8, 4) is 0 Å². The largest absolute Gasteiger partial charge is 0.373 e. The molecule has 2 fully saturated rings. The van der Waals surface area contributed by atoms with Gasteiger partial charge >= 0.3 is 5.97 Å². The van der Waals surface area contributed by atoms with Gasteiger partial charge in [-0.1, -0.05) is 38.5 Å². The van der Waals surface area contributed by atoms with Crippen LogP contribution in [0.15, 0.2) is 0 Å². The van der Waals surface area contributed by atoms with E-state index in [2.05, 4.69) is 0 Å². The third kappa shape index (κ3) is 11.1. The summed E-state index contributed by atoms with van der Waals surface area (Å²) in [5.41, 5.74) is -3.33. The third-order valence-corrected chi connectivity index (χ3v) is 7.05. The van der Waals surface area contributed by atoms with Gasteiger partial charge in [0, 0.05) is 0 Å². The van der Waals surface area contributed by atoms with Gasteiger partial charge in [0.15, 0.2) is 0 Å². The molecule has 0 bridgehead atoms. The van der Waals surface area contributed by atoms with Crippen LogP contribution in [0.3, 0.4) is 0 Å². The summed E-state index contributed by atoms with van der Waals surface area (Å²) in [6.45, 7) is 23.4. The number of rotatable bonds is 12. The third-order valence-electron chi connectivity index (χ3n) is 7.05. The molecule has 0 aliphatic heterocycles. The Morgan fingerprint density at radius 1 is 0.410 bits per heavy atom. The quantitative estimate of drug-likeness (QED) is 0.133. The summed E-state index contributed by atoms with van der Waals surface area (Å²) < 4.78 is 0. The van der Waals surface area contributed by atoms with Gasteiger partial charge in [-0.25, -0.2) is 24.4 Å². The van der Waals surface area contributed by atoms with E-state index in [-0.39, 0.29) is 18.4 Å². The van der Waals surface area contributed by atoms with Crippen LogP contribution in [0.4, 0.5) is 0 Å². The second-order valence-electron chi connectivity index (χ2n) is 15.6. The summed E-state index contributed by atoms with van der Waals surface area (Å²) in [6, 6.07) is 0. The summed E-state index contributed by atoms with van der Waals surface area (Å²) in [5.74, 6) is -1.63. The van der Waals surface area contributed by atoms with E-state index < -0.39 is 33.8 Å². The van der Waals surface area contributed by atoms with Crippen LogP contribution in [0.1, 0.15) is 147 Å². The van der Waals surface area contributed by atoms with Crippen molar-refractivity contribution in [2.45, 2.75) is 176 Å². The van der Waals surface area contributed by atoms with Gasteiger partial charge in [-0.3, -0.25) is 0 Å². The van der Waals surface area contributed by atoms with E-state index in [1.807, 2.05) is 83.1 Å². The Bertz CT molecular complexity index is 635. The number of hydrogen-bond donors (Lipinski definition) is 0. The second kappa shape index (κ2) is 13.8.